The summed E-state index contributed by atoms with van der Waals surface area (Å²) in [6.45, 7) is -1.51. The number of aromatic nitrogens is 1. The molecule has 36 heavy (non-hydrogen) atoms. The maximum atomic E-state index is 14.6. The number of methoxy groups -OCH3 is 1. The zero-order valence-electron chi connectivity index (χ0n) is 17.6. The van der Waals surface area contributed by atoms with Gasteiger partial charge in [-0.2, -0.15) is 44.8 Å². The van der Waals surface area contributed by atoms with Gasteiger partial charge in [-0.25, -0.2) is 9.37 Å². The van der Waals surface area contributed by atoms with E-state index in [9.17, 15) is 48.7 Å². The van der Waals surface area contributed by atoms with Crippen molar-refractivity contribution in [3.05, 3.63) is 64.2 Å². The minimum absolute atomic E-state index is 0.234. The minimum atomic E-state index is -5.65. The lowest BCUT2D eigenvalue weighted by molar-refractivity contribution is -0.201. The summed E-state index contributed by atoms with van der Waals surface area (Å²) in [5.41, 5.74) is -11.7. The van der Waals surface area contributed by atoms with Gasteiger partial charge in [0.1, 0.15) is 34.6 Å². The van der Waals surface area contributed by atoms with Gasteiger partial charge in [-0.3, -0.25) is 9.79 Å². The SMILES string of the molecule is COC(=O)C1C(c2ccc(F)c(C#N)c2)=NCC1(c1cc(C(F)(F)F)nc(C(F)(F)F)c1)C(F)(F)F. The Morgan fingerprint density at radius 1 is 1.03 bits per heavy atom. The number of alkyl halides is 9. The summed E-state index contributed by atoms with van der Waals surface area (Å²) in [5, 5.41) is 9.01. The van der Waals surface area contributed by atoms with E-state index in [0.29, 0.717) is 13.2 Å². The van der Waals surface area contributed by atoms with Gasteiger partial charge >= 0.3 is 24.5 Å². The lowest BCUT2D eigenvalue weighted by atomic mass is 9.68. The molecule has 2 heterocycles. The van der Waals surface area contributed by atoms with E-state index in [-0.39, 0.29) is 12.1 Å². The number of hydrogen-bond acceptors (Lipinski definition) is 5. The predicted molar refractivity (Wildman–Crippen MR) is 100.0 cm³/mol. The summed E-state index contributed by atoms with van der Waals surface area (Å²) >= 11 is 0. The molecule has 1 aromatic carbocycles. The van der Waals surface area contributed by atoms with Crippen LogP contribution in [0, 0.1) is 23.1 Å². The Morgan fingerprint density at radius 2 is 1.58 bits per heavy atom. The number of esters is 1. The number of rotatable bonds is 3. The highest BCUT2D eigenvalue weighted by atomic mass is 19.4. The second kappa shape index (κ2) is 8.75. The summed E-state index contributed by atoms with van der Waals surface area (Å²) in [5.74, 6) is -5.37. The van der Waals surface area contributed by atoms with E-state index in [1.807, 2.05) is 0 Å². The van der Waals surface area contributed by atoms with Crippen molar-refractivity contribution in [2.45, 2.75) is 23.9 Å². The normalized spacial score (nSPS) is 20.6. The molecule has 1 aromatic heterocycles. The summed E-state index contributed by atoms with van der Waals surface area (Å²) in [7, 11) is 0.652. The van der Waals surface area contributed by atoms with Crippen LogP contribution in [-0.4, -0.2) is 36.5 Å². The molecule has 1 aliphatic heterocycles. The number of pyridine rings is 1. The molecule has 2 unspecified atom stereocenters. The first-order valence-corrected chi connectivity index (χ1v) is 9.53. The molecule has 0 spiro atoms. The third-order valence-electron chi connectivity index (χ3n) is 5.51. The van der Waals surface area contributed by atoms with Crippen LogP contribution in [0.25, 0.3) is 0 Å². The van der Waals surface area contributed by atoms with E-state index in [1.165, 1.54) is 6.07 Å². The van der Waals surface area contributed by atoms with Crippen molar-refractivity contribution in [2.24, 2.45) is 10.9 Å². The van der Waals surface area contributed by atoms with E-state index in [0.717, 1.165) is 12.1 Å². The van der Waals surface area contributed by atoms with Gasteiger partial charge in [0, 0.05) is 0 Å². The average Bonchev–Trinajstić information content (AvgIpc) is 3.19. The van der Waals surface area contributed by atoms with Gasteiger partial charge in [0.2, 0.25) is 0 Å². The van der Waals surface area contributed by atoms with E-state index in [1.54, 1.807) is 0 Å². The van der Waals surface area contributed by atoms with Gasteiger partial charge in [0.05, 0.1) is 24.9 Å². The molecule has 1 aliphatic rings. The first-order chi connectivity index (χ1) is 16.5. The van der Waals surface area contributed by atoms with Crippen LogP contribution in [-0.2, 0) is 27.3 Å². The maximum Gasteiger partial charge on any atom is 0.433 e. The average molecular weight is 527 g/mol. The van der Waals surface area contributed by atoms with E-state index < -0.39 is 82.0 Å². The molecule has 2 aromatic rings. The molecule has 0 aliphatic carbocycles. The van der Waals surface area contributed by atoms with Crippen molar-refractivity contribution in [1.29, 1.82) is 5.26 Å². The zero-order valence-corrected chi connectivity index (χ0v) is 17.6. The lowest BCUT2D eigenvalue weighted by Crippen LogP contribution is -2.53. The quantitative estimate of drug-likeness (QED) is 0.405. The summed E-state index contributed by atoms with van der Waals surface area (Å²) in [6.07, 6.45) is -16.8. The van der Waals surface area contributed by atoms with Crippen LogP contribution in [0.4, 0.5) is 43.9 Å². The smallest absolute Gasteiger partial charge is 0.433 e. The molecule has 5 nitrogen and oxygen atoms in total. The van der Waals surface area contributed by atoms with Gasteiger partial charge in [0.25, 0.3) is 0 Å². The summed E-state index contributed by atoms with van der Waals surface area (Å²) in [6, 6.07) is 3.22. The zero-order chi connectivity index (χ0) is 27.3. The number of halogens is 10. The van der Waals surface area contributed by atoms with E-state index >= 15 is 0 Å². The topological polar surface area (TPSA) is 75.3 Å². The largest absolute Gasteiger partial charge is 0.468 e. The second-order valence-corrected chi connectivity index (χ2v) is 7.56. The van der Waals surface area contributed by atoms with Crippen LogP contribution < -0.4 is 0 Å². The molecule has 2 atom stereocenters. The standard InChI is InChI=1S/C21H11F10N3O2/c1-36-17(35)15-16(9-2-3-12(22)10(4-9)7-32)33-8-18(15,21(29,30)31)11-5-13(19(23,24)25)34-14(6-11)20(26,27)28/h2-6,15H,8H2,1H3. The molecule has 0 fully saturated rings. The van der Waals surface area contributed by atoms with E-state index in [4.69, 9.17) is 5.26 Å². The lowest BCUT2D eigenvalue weighted by Gasteiger charge is -2.36. The molecular weight excluding hydrogens is 516 g/mol. The van der Waals surface area contributed by atoms with Gasteiger partial charge in [-0.15, -0.1) is 0 Å². The number of aliphatic imine (C=N–C) groups is 1. The fourth-order valence-corrected chi connectivity index (χ4v) is 3.84. The fourth-order valence-electron chi connectivity index (χ4n) is 3.84. The number of ether oxygens (including phenoxy) is 1. The van der Waals surface area contributed by atoms with Crippen LogP contribution in [0.5, 0.6) is 0 Å². The highest BCUT2D eigenvalue weighted by molar-refractivity contribution is 6.14. The molecule has 0 saturated carbocycles. The van der Waals surface area contributed by atoms with Gasteiger partial charge in [-0.1, -0.05) is 6.07 Å². The number of nitrogens with zero attached hydrogens (tertiary/aromatic N) is 3. The van der Waals surface area contributed by atoms with Crippen molar-refractivity contribution in [2.75, 3.05) is 13.7 Å². The van der Waals surface area contributed by atoms with Crippen LogP contribution in [0.1, 0.15) is 28.1 Å². The molecule has 3 rings (SSSR count). The minimum Gasteiger partial charge on any atom is -0.468 e. The Morgan fingerprint density at radius 3 is 2.03 bits per heavy atom. The number of benzene rings is 1. The molecule has 0 saturated heterocycles. The van der Waals surface area contributed by atoms with Crippen molar-refractivity contribution >= 4 is 11.7 Å². The summed E-state index contributed by atoms with van der Waals surface area (Å²) in [4.78, 5) is 18.7. The first-order valence-electron chi connectivity index (χ1n) is 9.53. The van der Waals surface area contributed by atoms with Crippen molar-refractivity contribution in [1.82, 2.24) is 4.98 Å². The van der Waals surface area contributed by atoms with Gasteiger partial charge in [-0.05, 0) is 35.4 Å². The number of nitriles is 1. The van der Waals surface area contributed by atoms with Crippen LogP contribution >= 0.6 is 0 Å². The Labute approximate surface area is 195 Å². The van der Waals surface area contributed by atoms with Crippen molar-refractivity contribution < 1.29 is 53.4 Å². The van der Waals surface area contributed by atoms with Crippen molar-refractivity contribution in [3.63, 3.8) is 0 Å². The molecule has 0 amide bonds. The van der Waals surface area contributed by atoms with Crippen LogP contribution in [0.15, 0.2) is 35.3 Å². The maximum absolute atomic E-state index is 14.6. The number of hydrogen-bond donors (Lipinski definition) is 0. The Hall–Kier alpha value is -3.70. The second-order valence-electron chi connectivity index (χ2n) is 7.56. The molecule has 192 valence electrons. The third kappa shape index (κ3) is 4.47. The molecule has 0 radical (unpaired) electrons. The monoisotopic (exact) mass is 527 g/mol. The molecule has 0 N–H and O–H groups in total. The molecule has 15 heteroatoms. The van der Waals surface area contributed by atoms with E-state index in [2.05, 4.69) is 14.7 Å². The first kappa shape index (κ1) is 26.9. The van der Waals surface area contributed by atoms with Gasteiger partial charge in [0.15, 0.2) is 0 Å². The highest BCUT2D eigenvalue weighted by Gasteiger charge is 2.67. The Balaban J connectivity index is 2.37. The Kier molecular flexibility index (Phi) is 6.54. The van der Waals surface area contributed by atoms with Crippen LogP contribution in [0.2, 0.25) is 0 Å². The van der Waals surface area contributed by atoms with Crippen LogP contribution in [0.3, 0.4) is 0 Å². The van der Waals surface area contributed by atoms with Gasteiger partial charge < -0.3 is 4.74 Å². The highest BCUT2D eigenvalue weighted by Crippen LogP contribution is 2.53. The fraction of sp³-hybridized carbons (Fsp3) is 0.333. The predicted octanol–water partition coefficient (Wildman–Crippen LogP) is 5.22. The summed E-state index contributed by atoms with van der Waals surface area (Å²) < 4.78 is 142. The number of carbonyl (C=O) groups excluding carboxylic acids is 1. The molecular formula is C21H11F10N3O2. The Bertz CT molecular complexity index is 1240. The number of carbonyl (C=O) groups is 1. The third-order valence-corrected chi connectivity index (χ3v) is 5.51. The van der Waals surface area contributed by atoms with Crippen molar-refractivity contribution in [3.8, 4) is 6.07 Å². The molecule has 0 bridgehead atoms.